The first-order valence-corrected chi connectivity index (χ1v) is 9.16. The van der Waals surface area contributed by atoms with Crippen LogP contribution in [-0.4, -0.2) is 25.5 Å². The molecule has 1 rings (SSSR count). The predicted octanol–water partition coefficient (Wildman–Crippen LogP) is 2.62. The van der Waals surface area contributed by atoms with E-state index in [1.54, 1.807) is 12.3 Å². The van der Waals surface area contributed by atoms with Gasteiger partial charge in [0.05, 0.1) is 4.90 Å². The van der Waals surface area contributed by atoms with Gasteiger partial charge in [-0.05, 0) is 25.3 Å². The van der Waals surface area contributed by atoms with E-state index < -0.39 is 10.0 Å². The van der Waals surface area contributed by atoms with Crippen molar-refractivity contribution in [1.29, 1.82) is 0 Å². The number of aromatic amines is 1. The lowest BCUT2D eigenvalue weighted by atomic mass is 10.0. The van der Waals surface area contributed by atoms with Crippen LogP contribution >= 0.6 is 0 Å². The molecule has 6 heteroatoms. The molecule has 0 spiro atoms. The predicted molar refractivity (Wildman–Crippen MR) is 86.6 cm³/mol. The third kappa shape index (κ3) is 6.20. The Morgan fingerprint density at radius 2 is 1.90 bits per heavy atom. The van der Waals surface area contributed by atoms with Crippen molar-refractivity contribution in [2.45, 2.75) is 71.0 Å². The smallest absolute Gasteiger partial charge is 0.242 e. The summed E-state index contributed by atoms with van der Waals surface area (Å²) in [6.07, 6.45) is 3.46. The van der Waals surface area contributed by atoms with Crippen molar-refractivity contribution in [2.24, 2.45) is 5.92 Å². The number of hydrogen-bond donors (Lipinski definition) is 3. The normalized spacial score (nSPS) is 15.3. The summed E-state index contributed by atoms with van der Waals surface area (Å²) in [6.45, 7) is 10.9. The van der Waals surface area contributed by atoms with Gasteiger partial charge in [-0.1, -0.05) is 34.1 Å². The maximum Gasteiger partial charge on any atom is 0.242 e. The largest absolute Gasteiger partial charge is 0.363 e. The van der Waals surface area contributed by atoms with Crippen LogP contribution in [0, 0.1) is 5.92 Å². The van der Waals surface area contributed by atoms with Gasteiger partial charge >= 0.3 is 0 Å². The Balaban J connectivity index is 2.66. The number of nitrogens with one attached hydrogen (secondary N) is 3. The average Bonchev–Trinajstić information content (AvgIpc) is 2.84. The van der Waals surface area contributed by atoms with Gasteiger partial charge in [0.25, 0.3) is 0 Å². The minimum Gasteiger partial charge on any atom is -0.363 e. The molecule has 0 aliphatic carbocycles. The SMILES string of the molecule is CCC(C)CC(C)NS(=O)(=O)c1c[nH]c(CNC(C)C)c1. The van der Waals surface area contributed by atoms with Crippen molar-refractivity contribution in [2.75, 3.05) is 0 Å². The van der Waals surface area contributed by atoms with Crippen molar-refractivity contribution in [3.05, 3.63) is 18.0 Å². The molecule has 0 bridgehead atoms. The molecule has 5 nitrogen and oxygen atoms in total. The van der Waals surface area contributed by atoms with Gasteiger partial charge in [0, 0.05) is 30.5 Å². The van der Waals surface area contributed by atoms with Gasteiger partial charge in [-0.2, -0.15) is 0 Å². The zero-order chi connectivity index (χ0) is 16.0. The molecule has 122 valence electrons. The lowest BCUT2D eigenvalue weighted by Gasteiger charge is -2.17. The van der Waals surface area contributed by atoms with E-state index in [4.69, 9.17) is 0 Å². The third-order valence-corrected chi connectivity index (χ3v) is 5.11. The lowest BCUT2D eigenvalue weighted by molar-refractivity contribution is 0.445. The number of aromatic nitrogens is 1. The van der Waals surface area contributed by atoms with E-state index in [2.05, 4.69) is 42.7 Å². The quantitative estimate of drug-likeness (QED) is 0.656. The summed E-state index contributed by atoms with van der Waals surface area (Å²) in [5.74, 6) is 0.514. The fraction of sp³-hybridized carbons (Fsp3) is 0.733. The molecule has 1 heterocycles. The summed E-state index contributed by atoms with van der Waals surface area (Å²) in [5, 5.41) is 3.25. The Morgan fingerprint density at radius 3 is 2.48 bits per heavy atom. The van der Waals surface area contributed by atoms with E-state index in [9.17, 15) is 8.42 Å². The molecule has 0 saturated carbocycles. The van der Waals surface area contributed by atoms with Crippen LogP contribution in [0.1, 0.15) is 53.2 Å². The van der Waals surface area contributed by atoms with Crippen LogP contribution < -0.4 is 10.0 Å². The highest BCUT2D eigenvalue weighted by Gasteiger charge is 2.19. The van der Waals surface area contributed by atoms with Crippen molar-refractivity contribution in [3.8, 4) is 0 Å². The van der Waals surface area contributed by atoms with Crippen LogP contribution in [0.2, 0.25) is 0 Å². The second kappa shape index (κ2) is 7.96. The Labute approximate surface area is 129 Å². The Morgan fingerprint density at radius 1 is 1.24 bits per heavy atom. The zero-order valence-electron chi connectivity index (χ0n) is 13.7. The van der Waals surface area contributed by atoms with Gasteiger partial charge in [-0.3, -0.25) is 0 Å². The molecule has 2 atom stereocenters. The summed E-state index contributed by atoms with van der Waals surface area (Å²) in [5.41, 5.74) is 0.874. The van der Waals surface area contributed by atoms with Gasteiger partial charge in [-0.25, -0.2) is 13.1 Å². The molecule has 21 heavy (non-hydrogen) atoms. The van der Waals surface area contributed by atoms with Gasteiger partial charge in [0.1, 0.15) is 0 Å². The third-order valence-electron chi connectivity index (χ3n) is 3.54. The van der Waals surface area contributed by atoms with Crippen LogP contribution in [0.3, 0.4) is 0 Å². The van der Waals surface area contributed by atoms with Gasteiger partial charge < -0.3 is 10.3 Å². The standard InChI is InChI=1S/C15H29N3O2S/c1-6-12(4)7-13(5)18-21(19,20)15-8-14(17-10-15)9-16-11(2)3/h8,10-13,16-18H,6-7,9H2,1-5H3. The summed E-state index contributed by atoms with van der Waals surface area (Å²) < 4.78 is 27.4. The summed E-state index contributed by atoms with van der Waals surface area (Å²) in [6, 6.07) is 1.99. The molecule has 0 amide bonds. The first kappa shape index (κ1) is 18.2. The molecule has 3 N–H and O–H groups in total. The lowest BCUT2D eigenvalue weighted by Crippen LogP contribution is -2.33. The van der Waals surface area contributed by atoms with Crippen molar-refractivity contribution < 1.29 is 8.42 Å². The molecule has 1 aromatic rings. The molecule has 0 aliphatic heterocycles. The summed E-state index contributed by atoms with van der Waals surface area (Å²) in [4.78, 5) is 3.32. The van der Waals surface area contributed by atoms with Gasteiger partial charge in [0.2, 0.25) is 10.0 Å². The highest BCUT2D eigenvalue weighted by molar-refractivity contribution is 7.89. The molecule has 0 aliphatic rings. The molecular weight excluding hydrogens is 286 g/mol. The fourth-order valence-electron chi connectivity index (χ4n) is 2.14. The monoisotopic (exact) mass is 315 g/mol. The van der Waals surface area contributed by atoms with Crippen LogP contribution in [0.4, 0.5) is 0 Å². The van der Waals surface area contributed by atoms with E-state index >= 15 is 0 Å². The Bertz CT molecular complexity index is 523. The summed E-state index contributed by atoms with van der Waals surface area (Å²) >= 11 is 0. The van der Waals surface area contributed by atoms with E-state index in [-0.39, 0.29) is 6.04 Å². The molecule has 0 radical (unpaired) electrons. The first-order chi connectivity index (χ1) is 9.74. The Hall–Kier alpha value is -0.850. The van der Waals surface area contributed by atoms with Gasteiger partial charge in [0.15, 0.2) is 0 Å². The van der Waals surface area contributed by atoms with Crippen molar-refractivity contribution in [3.63, 3.8) is 0 Å². The van der Waals surface area contributed by atoms with Crippen LogP contribution in [0.25, 0.3) is 0 Å². The first-order valence-electron chi connectivity index (χ1n) is 7.67. The Kier molecular flexibility index (Phi) is 6.90. The molecule has 0 fully saturated rings. The maximum absolute atomic E-state index is 12.3. The fourth-order valence-corrected chi connectivity index (χ4v) is 3.41. The molecule has 2 unspecified atom stereocenters. The average molecular weight is 315 g/mol. The highest BCUT2D eigenvalue weighted by Crippen LogP contribution is 2.14. The number of rotatable bonds is 9. The minimum absolute atomic E-state index is 0.0583. The zero-order valence-corrected chi connectivity index (χ0v) is 14.5. The molecule has 0 aromatic carbocycles. The second-order valence-electron chi connectivity index (χ2n) is 6.17. The minimum atomic E-state index is -3.44. The van der Waals surface area contributed by atoms with E-state index in [1.165, 1.54) is 0 Å². The molecule has 1 aromatic heterocycles. The number of H-pyrrole nitrogens is 1. The number of hydrogen-bond acceptors (Lipinski definition) is 3. The van der Waals surface area contributed by atoms with Gasteiger partial charge in [-0.15, -0.1) is 0 Å². The maximum atomic E-state index is 12.3. The number of sulfonamides is 1. The van der Waals surface area contributed by atoms with Crippen LogP contribution in [0.15, 0.2) is 17.2 Å². The van der Waals surface area contributed by atoms with E-state index in [0.29, 0.717) is 23.4 Å². The van der Waals surface area contributed by atoms with Crippen LogP contribution in [-0.2, 0) is 16.6 Å². The molecule has 0 saturated heterocycles. The van der Waals surface area contributed by atoms with E-state index in [1.807, 2.05) is 6.92 Å². The topological polar surface area (TPSA) is 74.0 Å². The van der Waals surface area contributed by atoms with Crippen molar-refractivity contribution in [1.82, 2.24) is 15.0 Å². The second-order valence-corrected chi connectivity index (χ2v) is 7.88. The highest BCUT2D eigenvalue weighted by atomic mass is 32.2. The summed E-state index contributed by atoms with van der Waals surface area (Å²) in [7, 11) is -3.44. The van der Waals surface area contributed by atoms with Crippen LogP contribution in [0.5, 0.6) is 0 Å². The molecular formula is C15H29N3O2S. The van der Waals surface area contributed by atoms with E-state index in [0.717, 1.165) is 18.5 Å². The van der Waals surface area contributed by atoms with Crippen molar-refractivity contribution >= 4 is 10.0 Å².